The monoisotopic (exact) mass is 354 g/mol. The lowest BCUT2D eigenvalue weighted by atomic mass is 10.2. The lowest BCUT2D eigenvalue weighted by Gasteiger charge is -2.35. The van der Waals surface area contributed by atoms with Crippen LogP contribution in [0, 0.1) is 13.8 Å². The third-order valence-corrected chi connectivity index (χ3v) is 5.73. The van der Waals surface area contributed by atoms with Crippen molar-refractivity contribution < 1.29 is 0 Å². The Kier molecular flexibility index (Phi) is 4.25. The number of hydrogen-bond acceptors (Lipinski definition) is 7. The van der Waals surface area contributed by atoms with Gasteiger partial charge in [-0.15, -0.1) is 11.3 Å². The Morgan fingerprint density at radius 2 is 1.64 bits per heavy atom. The van der Waals surface area contributed by atoms with Crippen LogP contribution in [-0.4, -0.2) is 46.1 Å². The SMILES string of the molecule is CCc1cc2c(N3CCN(c4nc(C)cc(C)n4)CC3)ncnc2s1. The van der Waals surface area contributed by atoms with Gasteiger partial charge in [-0.25, -0.2) is 19.9 Å². The minimum absolute atomic E-state index is 0.841. The Morgan fingerprint density at radius 3 is 2.32 bits per heavy atom. The largest absolute Gasteiger partial charge is 0.352 e. The highest BCUT2D eigenvalue weighted by Crippen LogP contribution is 2.31. The standard InChI is InChI=1S/C18H22N6S/c1-4-14-10-15-16(19-11-20-17(15)25-14)23-5-7-24(8-6-23)18-21-12(2)9-13(3)22-18/h9-11H,4-8H2,1-3H3. The highest BCUT2D eigenvalue weighted by atomic mass is 32.1. The van der Waals surface area contributed by atoms with Gasteiger partial charge in [-0.2, -0.15) is 0 Å². The normalized spacial score (nSPS) is 15.2. The van der Waals surface area contributed by atoms with E-state index in [2.05, 4.69) is 42.7 Å². The van der Waals surface area contributed by atoms with E-state index in [-0.39, 0.29) is 0 Å². The molecule has 0 saturated carbocycles. The van der Waals surface area contributed by atoms with Crippen LogP contribution in [0.4, 0.5) is 11.8 Å². The van der Waals surface area contributed by atoms with Gasteiger partial charge in [0.25, 0.3) is 0 Å². The van der Waals surface area contributed by atoms with Gasteiger partial charge < -0.3 is 9.80 Å². The summed E-state index contributed by atoms with van der Waals surface area (Å²) in [6.45, 7) is 9.86. The summed E-state index contributed by atoms with van der Waals surface area (Å²) in [5, 5.41) is 1.18. The maximum Gasteiger partial charge on any atom is 0.225 e. The molecule has 0 bridgehead atoms. The third kappa shape index (κ3) is 3.16. The zero-order valence-electron chi connectivity index (χ0n) is 14.9. The first-order valence-electron chi connectivity index (χ1n) is 8.69. The number of aromatic nitrogens is 4. The molecule has 1 saturated heterocycles. The molecule has 3 aromatic rings. The molecule has 0 amide bonds. The van der Waals surface area contributed by atoms with Crippen LogP contribution in [0.3, 0.4) is 0 Å². The number of aryl methyl sites for hydroxylation is 3. The highest BCUT2D eigenvalue weighted by Gasteiger charge is 2.22. The maximum atomic E-state index is 4.59. The molecule has 25 heavy (non-hydrogen) atoms. The fourth-order valence-electron chi connectivity index (χ4n) is 3.29. The van der Waals surface area contributed by atoms with Crippen LogP contribution in [0.2, 0.25) is 0 Å². The first-order chi connectivity index (χ1) is 12.1. The summed E-state index contributed by atoms with van der Waals surface area (Å²) in [7, 11) is 0. The summed E-state index contributed by atoms with van der Waals surface area (Å²) >= 11 is 1.77. The number of piperazine rings is 1. The van der Waals surface area contributed by atoms with Crippen LogP contribution in [-0.2, 0) is 6.42 Å². The molecule has 0 spiro atoms. The first-order valence-corrected chi connectivity index (χ1v) is 9.51. The van der Waals surface area contributed by atoms with E-state index >= 15 is 0 Å². The van der Waals surface area contributed by atoms with Gasteiger partial charge in [-0.1, -0.05) is 6.92 Å². The van der Waals surface area contributed by atoms with Crippen molar-refractivity contribution in [1.82, 2.24) is 19.9 Å². The predicted octanol–water partition coefficient (Wildman–Crippen LogP) is 2.99. The van der Waals surface area contributed by atoms with Crippen molar-refractivity contribution in [3.63, 3.8) is 0 Å². The Balaban J connectivity index is 1.55. The Bertz CT molecular complexity index is 877. The van der Waals surface area contributed by atoms with Crippen LogP contribution in [0.25, 0.3) is 10.2 Å². The summed E-state index contributed by atoms with van der Waals surface area (Å²) < 4.78 is 0. The molecule has 7 heteroatoms. The van der Waals surface area contributed by atoms with Gasteiger partial charge in [0.15, 0.2) is 0 Å². The fraction of sp³-hybridized carbons (Fsp3) is 0.444. The van der Waals surface area contributed by atoms with Gasteiger partial charge in [0, 0.05) is 42.4 Å². The minimum atomic E-state index is 0.841. The van der Waals surface area contributed by atoms with Crippen molar-refractivity contribution in [1.29, 1.82) is 0 Å². The van der Waals surface area contributed by atoms with E-state index in [4.69, 9.17) is 0 Å². The van der Waals surface area contributed by atoms with Gasteiger partial charge in [0.2, 0.25) is 5.95 Å². The molecular formula is C18H22N6S. The predicted molar refractivity (Wildman–Crippen MR) is 103 cm³/mol. The minimum Gasteiger partial charge on any atom is -0.352 e. The molecule has 3 aromatic heterocycles. The van der Waals surface area contributed by atoms with E-state index in [0.29, 0.717) is 0 Å². The molecule has 1 aliphatic heterocycles. The number of anilines is 2. The van der Waals surface area contributed by atoms with Crippen LogP contribution >= 0.6 is 11.3 Å². The molecule has 0 unspecified atom stereocenters. The first kappa shape index (κ1) is 16.2. The Hall–Kier alpha value is -2.28. The van der Waals surface area contributed by atoms with E-state index in [9.17, 15) is 0 Å². The summed E-state index contributed by atoms with van der Waals surface area (Å²) in [5.74, 6) is 1.90. The number of nitrogens with zero attached hydrogens (tertiary/aromatic N) is 6. The zero-order valence-corrected chi connectivity index (χ0v) is 15.7. The van der Waals surface area contributed by atoms with Crippen LogP contribution in [0.15, 0.2) is 18.5 Å². The zero-order chi connectivity index (χ0) is 17.4. The average Bonchev–Trinajstić information content (AvgIpc) is 3.04. The average molecular weight is 354 g/mol. The molecule has 0 atom stereocenters. The summed E-state index contributed by atoms with van der Waals surface area (Å²) in [6.07, 6.45) is 2.73. The highest BCUT2D eigenvalue weighted by molar-refractivity contribution is 7.18. The summed E-state index contributed by atoms with van der Waals surface area (Å²) in [6, 6.07) is 4.26. The van der Waals surface area contributed by atoms with Crippen LogP contribution < -0.4 is 9.80 Å². The second kappa shape index (κ2) is 6.55. The van der Waals surface area contributed by atoms with Crippen molar-refractivity contribution in [2.75, 3.05) is 36.0 Å². The molecule has 0 aromatic carbocycles. The van der Waals surface area contributed by atoms with Crippen molar-refractivity contribution in [2.24, 2.45) is 0 Å². The molecule has 0 radical (unpaired) electrons. The number of fused-ring (bicyclic) bond motifs is 1. The number of rotatable bonds is 3. The van der Waals surface area contributed by atoms with Crippen molar-refractivity contribution in [3.05, 3.63) is 34.7 Å². The van der Waals surface area contributed by atoms with E-state index in [0.717, 1.165) is 60.6 Å². The smallest absolute Gasteiger partial charge is 0.225 e. The van der Waals surface area contributed by atoms with Gasteiger partial charge in [-0.05, 0) is 32.4 Å². The van der Waals surface area contributed by atoms with Crippen LogP contribution in [0.1, 0.15) is 23.2 Å². The molecule has 130 valence electrons. The van der Waals surface area contributed by atoms with E-state index in [1.54, 1.807) is 17.7 Å². The number of thiophene rings is 1. The second-order valence-corrected chi connectivity index (χ2v) is 7.52. The van der Waals surface area contributed by atoms with Gasteiger partial charge in [0.1, 0.15) is 17.0 Å². The molecule has 0 aliphatic carbocycles. The van der Waals surface area contributed by atoms with E-state index < -0.39 is 0 Å². The van der Waals surface area contributed by atoms with Crippen molar-refractivity contribution in [2.45, 2.75) is 27.2 Å². The molecule has 0 N–H and O–H groups in total. The maximum absolute atomic E-state index is 4.59. The lowest BCUT2D eigenvalue weighted by molar-refractivity contribution is 0.634. The molecule has 4 rings (SSSR count). The van der Waals surface area contributed by atoms with Gasteiger partial charge >= 0.3 is 0 Å². The van der Waals surface area contributed by atoms with Crippen molar-refractivity contribution in [3.8, 4) is 0 Å². The Morgan fingerprint density at radius 1 is 0.960 bits per heavy atom. The molecule has 1 aliphatic rings. The second-order valence-electron chi connectivity index (χ2n) is 6.41. The lowest BCUT2D eigenvalue weighted by Crippen LogP contribution is -2.47. The quantitative estimate of drug-likeness (QED) is 0.721. The summed E-state index contributed by atoms with van der Waals surface area (Å²) in [4.78, 5) is 25.3. The van der Waals surface area contributed by atoms with Crippen molar-refractivity contribution >= 4 is 33.3 Å². The number of hydrogen-bond donors (Lipinski definition) is 0. The molecular weight excluding hydrogens is 332 g/mol. The van der Waals surface area contributed by atoms with Gasteiger partial charge in [-0.3, -0.25) is 0 Å². The third-order valence-electron chi connectivity index (χ3n) is 4.54. The topological polar surface area (TPSA) is 58.0 Å². The van der Waals surface area contributed by atoms with Crippen LogP contribution in [0.5, 0.6) is 0 Å². The van der Waals surface area contributed by atoms with Gasteiger partial charge in [0.05, 0.1) is 5.39 Å². The Labute approximate surface area is 151 Å². The van der Waals surface area contributed by atoms with E-state index in [1.807, 2.05) is 19.9 Å². The molecule has 4 heterocycles. The molecule has 1 fully saturated rings. The van der Waals surface area contributed by atoms with E-state index in [1.165, 1.54) is 10.3 Å². The summed E-state index contributed by atoms with van der Waals surface area (Å²) in [5.41, 5.74) is 2.04. The molecule has 6 nitrogen and oxygen atoms in total. The fourth-order valence-corrected chi connectivity index (χ4v) is 4.22.